The van der Waals surface area contributed by atoms with Crippen molar-refractivity contribution in [3.05, 3.63) is 89.0 Å². The molecule has 3 aromatic rings. The van der Waals surface area contributed by atoms with E-state index in [1.807, 2.05) is 32.0 Å². The number of benzene rings is 3. The first-order chi connectivity index (χ1) is 18.3. The van der Waals surface area contributed by atoms with Gasteiger partial charge in [-0.1, -0.05) is 30.3 Å². The average molecular weight is 518 g/mol. The molecule has 0 spiro atoms. The van der Waals surface area contributed by atoms with Crippen LogP contribution in [0.5, 0.6) is 23.0 Å². The Kier molecular flexibility index (Phi) is 7.90. The number of carbonyl (C=O) groups is 2. The van der Waals surface area contributed by atoms with Crippen LogP contribution in [-0.4, -0.2) is 49.1 Å². The monoisotopic (exact) mass is 517 g/mol. The van der Waals surface area contributed by atoms with Crippen LogP contribution in [0.3, 0.4) is 0 Å². The summed E-state index contributed by atoms with van der Waals surface area (Å²) >= 11 is 0. The van der Waals surface area contributed by atoms with Crippen molar-refractivity contribution in [2.75, 3.05) is 21.3 Å². The van der Waals surface area contributed by atoms with Gasteiger partial charge in [-0.05, 0) is 55.8 Å². The number of ketones is 1. The van der Waals surface area contributed by atoms with E-state index in [1.165, 1.54) is 19.1 Å². The molecule has 3 aromatic carbocycles. The lowest BCUT2D eigenvalue weighted by Gasteiger charge is -2.26. The molecule has 1 unspecified atom stereocenters. The molecule has 1 saturated heterocycles. The summed E-state index contributed by atoms with van der Waals surface area (Å²) in [6.07, 6.45) is -0.0162. The van der Waals surface area contributed by atoms with Gasteiger partial charge in [0, 0.05) is 5.56 Å². The van der Waals surface area contributed by atoms with E-state index in [0.29, 0.717) is 28.6 Å². The zero-order valence-corrected chi connectivity index (χ0v) is 22.1. The lowest BCUT2D eigenvalue weighted by molar-refractivity contribution is -0.140. The van der Waals surface area contributed by atoms with Crippen molar-refractivity contribution in [2.24, 2.45) is 0 Å². The highest BCUT2D eigenvalue weighted by Crippen LogP contribution is 2.43. The standard InChI is InChI=1S/C30H31NO7/c1-18(2)38-21-12-10-19(11-13-21)27-26(28(32)23-16-22(35-3)14-15-25(23)37-5)29(33)30(34)31(27)17-20-8-6-7-9-24(20)36-4/h6-16,18,27,32H,17H2,1-5H3/b28-26+. The van der Waals surface area contributed by atoms with Gasteiger partial charge in [-0.15, -0.1) is 0 Å². The van der Waals surface area contributed by atoms with Gasteiger partial charge in [0.1, 0.15) is 28.8 Å². The molecule has 0 aromatic heterocycles. The molecule has 0 saturated carbocycles. The first-order valence-corrected chi connectivity index (χ1v) is 12.2. The van der Waals surface area contributed by atoms with E-state index in [9.17, 15) is 14.7 Å². The van der Waals surface area contributed by atoms with Crippen LogP contribution in [0.25, 0.3) is 5.76 Å². The number of para-hydroxylation sites is 1. The normalized spacial score (nSPS) is 16.6. The Hall–Kier alpha value is -4.46. The van der Waals surface area contributed by atoms with E-state index in [4.69, 9.17) is 18.9 Å². The molecule has 1 amide bonds. The largest absolute Gasteiger partial charge is 0.507 e. The number of Topliss-reactive ketones (excluding diaryl/α,β-unsaturated/α-hetero) is 1. The quantitative estimate of drug-likeness (QED) is 0.239. The molecule has 1 atom stereocenters. The SMILES string of the molecule is COc1ccc(OC)c(/C(O)=C2\C(=O)C(=O)N(Cc3ccccc3OC)C2c2ccc(OC(C)C)cc2)c1. The number of hydrogen-bond acceptors (Lipinski definition) is 7. The Bertz CT molecular complexity index is 1360. The van der Waals surface area contributed by atoms with Crippen LogP contribution in [0, 0.1) is 0 Å². The van der Waals surface area contributed by atoms with Crippen molar-refractivity contribution in [1.82, 2.24) is 4.90 Å². The number of aliphatic hydroxyl groups excluding tert-OH is 1. The zero-order chi connectivity index (χ0) is 27.4. The Morgan fingerprint density at radius 3 is 2.16 bits per heavy atom. The molecule has 0 aliphatic carbocycles. The highest BCUT2D eigenvalue weighted by Gasteiger charge is 2.46. The van der Waals surface area contributed by atoms with Crippen molar-refractivity contribution in [2.45, 2.75) is 32.5 Å². The van der Waals surface area contributed by atoms with E-state index >= 15 is 0 Å². The van der Waals surface area contributed by atoms with Crippen LogP contribution in [0.15, 0.2) is 72.3 Å². The fraction of sp³-hybridized carbons (Fsp3) is 0.267. The Morgan fingerprint density at radius 1 is 0.868 bits per heavy atom. The van der Waals surface area contributed by atoms with E-state index < -0.39 is 17.7 Å². The summed E-state index contributed by atoms with van der Waals surface area (Å²) in [6.45, 7) is 3.95. The Morgan fingerprint density at radius 2 is 1.53 bits per heavy atom. The number of ether oxygens (including phenoxy) is 4. The number of likely N-dealkylation sites (tertiary alicyclic amines) is 1. The number of amides is 1. The average Bonchev–Trinajstić information content (AvgIpc) is 3.17. The van der Waals surface area contributed by atoms with Gasteiger partial charge in [-0.3, -0.25) is 9.59 Å². The lowest BCUT2D eigenvalue weighted by atomic mass is 9.94. The smallest absolute Gasteiger partial charge is 0.295 e. The molecule has 38 heavy (non-hydrogen) atoms. The van der Waals surface area contributed by atoms with E-state index in [-0.39, 0.29) is 29.5 Å². The first kappa shape index (κ1) is 26.6. The summed E-state index contributed by atoms with van der Waals surface area (Å²) in [4.78, 5) is 28.4. The van der Waals surface area contributed by atoms with Gasteiger partial charge in [0.25, 0.3) is 11.7 Å². The van der Waals surface area contributed by atoms with Crippen LogP contribution in [0.1, 0.15) is 36.6 Å². The number of rotatable bonds is 9. The lowest BCUT2D eigenvalue weighted by Crippen LogP contribution is -2.29. The number of hydrogen-bond donors (Lipinski definition) is 1. The number of aliphatic hydroxyl groups is 1. The molecular formula is C30H31NO7. The molecule has 1 aliphatic heterocycles. The zero-order valence-electron chi connectivity index (χ0n) is 22.1. The summed E-state index contributed by atoms with van der Waals surface area (Å²) in [7, 11) is 4.51. The van der Waals surface area contributed by atoms with Crippen molar-refractivity contribution < 1.29 is 33.6 Å². The highest BCUT2D eigenvalue weighted by atomic mass is 16.5. The molecule has 1 N–H and O–H groups in total. The third-order valence-electron chi connectivity index (χ3n) is 6.30. The van der Waals surface area contributed by atoms with Crippen LogP contribution in [0.4, 0.5) is 0 Å². The number of nitrogens with zero attached hydrogens (tertiary/aromatic N) is 1. The minimum absolute atomic E-state index is 0.0162. The van der Waals surface area contributed by atoms with Gasteiger partial charge in [-0.2, -0.15) is 0 Å². The van der Waals surface area contributed by atoms with Crippen LogP contribution in [0.2, 0.25) is 0 Å². The van der Waals surface area contributed by atoms with Crippen molar-refractivity contribution in [3.63, 3.8) is 0 Å². The van der Waals surface area contributed by atoms with Gasteiger partial charge < -0.3 is 29.0 Å². The molecule has 8 heteroatoms. The van der Waals surface area contributed by atoms with Crippen LogP contribution < -0.4 is 18.9 Å². The molecule has 8 nitrogen and oxygen atoms in total. The fourth-order valence-corrected chi connectivity index (χ4v) is 4.55. The maximum absolute atomic E-state index is 13.5. The first-order valence-electron chi connectivity index (χ1n) is 12.2. The van der Waals surface area contributed by atoms with Gasteiger partial charge in [0.15, 0.2) is 0 Å². The highest BCUT2D eigenvalue weighted by molar-refractivity contribution is 6.46. The van der Waals surface area contributed by atoms with Crippen LogP contribution >= 0.6 is 0 Å². The molecule has 0 radical (unpaired) electrons. The van der Waals surface area contributed by atoms with E-state index in [0.717, 1.165) is 5.56 Å². The Balaban J connectivity index is 1.89. The molecule has 0 bridgehead atoms. The summed E-state index contributed by atoms with van der Waals surface area (Å²) < 4.78 is 22.0. The second-order valence-corrected chi connectivity index (χ2v) is 9.04. The van der Waals surface area contributed by atoms with Crippen LogP contribution in [-0.2, 0) is 16.1 Å². The number of carbonyl (C=O) groups excluding carboxylic acids is 2. The summed E-state index contributed by atoms with van der Waals surface area (Å²) in [5.41, 5.74) is 1.56. The topological polar surface area (TPSA) is 94.5 Å². The summed E-state index contributed by atoms with van der Waals surface area (Å²) in [5, 5.41) is 11.5. The number of methoxy groups -OCH3 is 3. The van der Waals surface area contributed by atoms with E-state index in [2.05, 4.69) is 0 Å². The maximum atomic E-state index is 13.5. The fourth-order valence-electron chi connectivity index (χ4n) is 4.55. The molecule has 1 fully saturated rings. The van der Waals surface area contributed by atoms with Gasteiger partial charge >= 0.3 is 0 Å². The molecule has 1 aliphatic rings. The molecule has 4 rings (SSSR count). The third kappa shape index (κ3) is 5.16. The van der Waals surface area contributed by atoms with Crippen molar-refractivity contribution in [1.29, 1.82) is 0 Å². The molecular weight excluding hydrogens is 486 g/mol. The molecule has 1 heterocycles. The van der Waals surface area contributed by atoms with E-state index in [1.54, 1.807) is 55.6 Å². The van der Waals surface area contributed by atoms with Crippen molar-refractivity contribution in [3.8, 4) is 23.0 Å². The maximum Gasteiger partial charge on any atom is 0.295 e. The summed E-state index contributed by atoms with van der Waals surface area (Å²) in [5.74, 6) is 0.153. The Labute approximate surface area is 222 Å². The predicted molar refractivity (Wildman–Crippen MR) is 143 cm³/mol. The minimum Gasteiger partial charge on any atom is -0.507 e. The summed E-state index contributed by atoms with van der Waals surface area (Å²) in [6, 6.07) is 18.4. The molecule has 198 valence electrons. The van der Waals surface area contributed by atoms with Crippen molar-refractivity contribution >= 4 is 17.4 Å². The second-order valence-electron chi connectivity index (χ2n) is 9.04. The minimum atomic E-state index is -0.871. The van der Waals surface area contributed by atoms with Gasteiger partial charge in [0.2, 0.25) is 0 Å². The van der Waals surface area contributed by atoms with Gasteiger partial charge in [-0.25, -0.2) is 0 Å². The second kappa shape index (κ2) is 11.3. The predicted octanol–water partition coefficient (Wildman–Crippen LogP) is 5.12. The van der Waals surface area contributed by atoms with Gasteiger partial charge in [0.05, 0.1) is 51.2 Å². The third-order valence-corrected chi connectivity index (χ3v) is 6.30.